The number of benzene rings is 3. The van der Waals surface area contributed by atoms with Crippen LogP contribution in [0.2, 0.25) is 0 Å². The van der Waals surface area contributed by atoms with Gasteiger partial charge >= 0.3 is 0 Å². The Bertz CT molecular complexity index is 1570. The number of para-hydroxylation sites is 1. The Morgan fingerprint density at radius 1 is 0.844 bits per heavy atom. The summed E-state index contributed by atoms with van der Waals surface area (Å²) in [6, 6.07) is 22.3. The normalized spacial score (nSPS) is 21.8. The molecule has 3 aliphatic rings. The van der Waals surface area contributed by atoms with Gasteiger partial charge in [-0.15, -0.1) is 0 Å². The van der Waals surface area contributed by atoms with Crippen LogP contribution in [0, 0.1) is 0 Å². The van der Waals surface area contributed by atoms with Gasteiger partial charge in [-0.2, -0.15) is 0 Å². The Hall–Kier alpha value is -3.58. The third kappa shape index (κ3) is 2.23. The first kappa shape index (κ1) is 18.0. The van der Waals surface area contributed by atoms with Crippen LogP contribution < -0.4 is 0 Å². The third-order valence-corrected chi connectivity index (χ3v) is 8.02. The average molecular weight is 412 g/mol. The van der Waals surface area contributed by atoms with E-state index in [1.807, 2.05) is 0 Å². The third-order valence-electron chi connectivity index (χ3n) is 8.02. The molecule has 1 nitrogen and oxygen atoms in total. The molecule has 7 rings (SSSR count). The summed E-state index contributed by atoms with van der Waals surface area (Å²) in [5, 5.41) is 2.61. The first-order chi connectivity index (χ1) is 15.6. The molecule has 2 unspecified atom stereocenters. The summed E-state index contributed by atoms with van der Waals surface area (Å²) >= 11 is 0. The van der Waals surface area contributed by atoms with Crippen molar-refractivity contribution in [2.75, 3.05) is 0 Å². The summed E-state index contributed by atoms with van der Waals surface area (Å²) in [4.78, 5) is 3.56. The van der Waals surface area contributed by atoms with Crippen molar-refractivity contribution in [3.63, 3.8) is 0 Å². The highest BCUT2D eigenvalue weighted by Gasteiger charge is 2.43. The van der Waals surface area contributed by atoms with Crippen LogP contribution in [0.4, 0.5) is 0 Å². The molecule has 0 saturated carbocycles. The number of aromatic nitrogens is 1. The van der Waals surface area contributed by atoms with Crippen LogP contribution in [0.15, 0.2) is 102 Å². The van der Waals surface area contributed by atoms with Gasteiger partial charge in [0.05, 0.1) is 0 Å². The van der Waals surface area contributed by atoms with Crippen molar-refractivity contribution in [3.05, 3.63) is 124 Å². The minimum Gasteiger partial charge on any atom is -0.355 e. The van der Waals surface area contributed by atoms with Crippen molar-refractivity contribution in [1.29, 1.82) is 0 Å². The Morgan fingerprint density at radius 2 is 1.72 bits per heavy atom. The van der Waals surface area contributed by atoms with Crippen LogP contribution in [0.25, 0.3) is 27.9 Å². The average Bonchev–Trinajstić information content (AvgIpc) is 3.19. The van der Waals surface area contributed by atoms with E-state index in [0.29, 0.717) is 5.92 Å². The van der Waals surface area contributed by atoms with Crippen molar-refractivity contribution in [2.45, 2.75) is 31.6 Å². The predicted molar refractivity (Wildman–Crippen MR) is 135 cm³/mol. The molecule has 1 heterocycles. The van der Waals surface area contributed by atoms with Gasteiger partial charge in [-0.3, -0.25) is 0 Å². The molecule has 0 amide bonds. The molecule has 1 heteroatoms. The first-order valence-corrected chi connectivity index (χ1v) is 11.6. The summed E-state index contributed by atoms with van der Waals surface area (Å²) in [6.45, 7) is 4.79. The summed E-state index contributed by atoms with van der Waals surface area (Å²) in [6.07, 6.45) is 12.9. The van der Waals surface area contributed by atoms with Gasteiger partial charge in [0.15, 0.2) is 0 Å². The van der Waals surface area contributed by atoms with Crippen molar-refractivity contribution in [3.8, 4) is 0 Å². The number of hydrogen-bond acceptors (Lipinski definition) is 0. The minimum absolute atomic E-state index is 0.0534. The number of H-pyrrole nitrogens is 1. The standard InChI is InChI=1S/C31H25N/c1-19(22-12-17-29-26(18-22)25-8-3-4-9-28(25)32-29)24-15-14-23-13-10-20-6-5-7-21-11-16-27(24)31(23,2)30(20)21/h3-9,11-19,32H,10H2,1-2H3. The highest BCUT2D eigenvalue weighted by molar-refractivity contribution is 6.07. The molecule has 0 saturated heterocycles. The lowest BCUT2D eigenvalue weighted by molar-refractivity contribution is 0.637. The largest absolute Gasteiger partial charge is 0.355 e. The Balaban J connectivity index is 1.42. The molecule has 0 bridgehead atoms. The minimum atomic E-state index is -0.0534. The zero-order valence-electron chi connectivity index (χ0n) is 18.4. The number of nitrogens with one attached hydrogen (secondary N) is 1. The molecule has 0 aliphatic heterocycles. The van der Waals surface area contributed by atoms with E-state index in [9.17, 15) is 0 Å². The summed E-state index contributed by atoms with van der Waals surface area (Å²) < 4.78 is 0. The molecule has 3 aromatic carbocycles. The second-order valence-corrected chi connectivity index (χ2v) is 9.60. The second kappa shape index (κ2) is 6.23. The van der Waals surface area contributed by atoms with E-state index < -0.39 is 0 Å². The molecule has 1 N–H and O–H groups in total. The molecule has 154 valence electrons. The van der Waals surface area contributed by atoms with E-state index >= 15 is 0 Å². The van der Waals surface area contributed by atoms with Crippen LogP contribution in [-0.2, 0) is 11.8 Å². The maximum atomic E-state index is 3.56. The maximum Gasteiger partial charge on any atom is 0.0465 e. The molecule has 32 heavy (non-hydrogen) atoms. The monoisotopic (exact) mass is 411 g/mol. The summed E-state index contributed by atoms with van der Waals surface area (Å²) in [5.74, 6) is 0.318. The molecular formula is C31H25N. The van der Waals surface area contributed by atoms with E-state index in [0.717, 1.165) is 6.42 Å². The predicted octanol–water partition coefficient (Wildman–Crippen LogP) is 7.76. The quantitative estimate of drug-likeness (QED) is 0.347. The van der Waals surface area contributed by atoms with Crippen LogP contribution in [0.5, 0.6) is 0 Å². The van der Waals surface area contributed by atoms with Crippen LogP contribution >= 0.6 is 0 Å². The molecule has 2 atom stereocenters. The fourth-order valence-electron chi connectivity index (χ4n) is 6.32. The fraction of sp³-hybridized carbons (Fsp3) is 0.161. The topological polar surface area (TPSA) is 15.8 Å². The van der Waals surface area contributed by atoms with Gasteiger partial charge in [-0.25, -0.2) is 0 Å². The van der Waals surface area contributed by atoms with E-state index in [1.165, 1.54) is 60.8 Å². The molecule has 0 spiro atoms. The van der Waals surface area contributed by atoms with E-state index in [-0.39, 0.29) is 5.41 Å². The smallest absolute Gasteiger partial charge is 0.0465 e. The van der Waals surface area contributed by atoms with Crippen molar-refractivity contribution < 1.29 is 0 Å². The number of fused-ring (bicyclic) bond motifs is 3. The number of aromatic amines is 1. The van der Waals surface area contributed by atoms with Gasteiger partial charge in [0, 0.05) is 33.1 Å². The lowest BCUT2D eigenvalue weighted by Crippen LogP contribution is -2.35. The summed E-state index contributed by atoms with van der Waals surface area (Å²) in [7, 11) is 0. The molecule has 3 aliphatic carbocycles. The Labute approximate surface area is 188 Å². The lowest BCUT2D eigenvalue weighted by atomic mass is 9.58. The van der Waals surface area contributed by atoms with Gasteiger partial charge in [0.1, 0.15) is 0 Å². The number of hydrogen-bond donors (Lipinski definition) is 1. The highest BCUT2D eigenvalue weighted by Crippen LogP contribution is 2.53. The van der Waals surface area contributed by atoms with Crippen molar-refractivity contribution in [2.24, 2.45) is 0 Å². The SMILES string of the molecule is CC(C1=C2C=Cc3cccc4c3C2(C)C(=CC4)C=C1)c1ccc2[nH]c3ccccc3c2c1. The van der Waals surface area contributed by atoms with Crippen LogP contribution in [0.3, 0.4) is 0 Å². The maximum absolute atomic E-state index is 3.56. The molecule has 0 radical (unpaired) electrons. The van der Waals surface area contributed by atoms with Crippen LogP contribution in [0.1, 0.15) is 42.0 Å². The Kier molecular flexibility index (Phi) is 3.51. The Morgan fingerprint density at radius 3 is 2.66 bits per heavy atom. The molecular weight excluding hydrogens is 386 g/mol. The zero-order chi connectivity index (χ0) is 21.4. The van der Waals surface area contributed by atoms with Gasteiger partial charge < -0.3 is 4.98 Å². The summed E-state index contributed by atoms with van der Waals surface area (Å²) in [5.41, 5.74) is 12.4. The van der Waals surface area contributed by atoms with Crippen molar-refractivity contribution >= 4 is 27.9 Å². The van der Waals surface area contributed by atoms with Crippen LogP contribution in [-0.4, -0.2) is 4.98 Å². The fourth-order valence-corrected chi connectivity index (χ4v) is 6.32. The number of allylic oxidation sites excluding steroid dienone is 7. The molecule has 1 aromatic heterocycles. The highest BCUT2D eigenvalue weighted by atomic mass is 14.7. The molecule has 4 aromatic rings. The second-order valence-electron chi connectivity index (χ2n) is 9.60. The lowest BCUT2D eigenvalue weighted by Gasteiger charge is -2.44. The van der Waals surface area contributed by atoms with E-state index in [1.54, 1.807) is 0 Å². The van der Waals surface area contributed by atoms with Gasteiger partial charge in [-0.1, -0.05) is 79.8 Å². The van der Waals surface area contributed by atoms with Crippen molar-refractivity contribution in [1.82, 2.24) is 4.98 Å². The first-order valence-electron chi connectivity index (χ1n) is 11.6. The number of rotatable bonds is 2. The van der Waals surface area contributed by atoms with Gasteiger partial charge in [0.2, 0.25) is 0 Å². The molecule has 0 fully saturated rings. The van der Waals surface area contributed by atoms with E-state index in [4.69, 9.17) is 0 Å². The van der Waals surface area contributed by atoms with Gasteiger partial charge in [0.25, 0.3) is 0 Å². The zero-order valence-corrected chi connectivity index (χ0v) is 18.4. The van der Waals surface area contributed by atoms with E-state index in [2.05, 4.69) is 110 Å². The van der Waals surface area contributed by atoms with Gasteiger partial charge in [-0.05, 0) is 70.5 Å².